The van der Waals surface area contributed by atoms with Gasteiger partial charge in [-0.1, -0.05) is 0 Å². The first kappa shape index (κ1) is 15.7. The van der Waals surface area contributed by atoms with Crippen molar-refractivity contribution in [1.82, 2.24) is 10.3 Å². The van der Waals surface area contributed by atoms with E-state index in [0.717, 1.165) is 50.0 Å². The molecule has 1 atom stereocenters. The van der Waals surface area contributed by atoms with Gasteiger partial charge in [0, 0.05) is 45.3 Å². The van der Waals surface area contributed by atoms with Gasteiger partial charge in [0.25, 0.3) is 0 Å². The maximum atomic E-state index is 5.48. The fourth-order valence-corrected chi connectivity index (χ4v) is 3.46. The fourth-order valence-electron chi connectivity index (χ4n) is 2.39. The van der Waals surface area contributed by atoms with Crippen LogP contribution in [-0.2, 0) is 16.0 Å². The van der Waals surface area contributed by atoms with Crippen molar-refractivity contribution in [1.29, 1.82) is 0 Å². The minimum Gasteiger partial charge on any atom is -0.383 e. The van der Waals surface area contributed by atoms with E-state index in [2.05, 4.69) is 17.1 Å². The Labute approximate surface area is 125 Å². The molecule has 20 heavy (non-hydrogen) atoms. The molecule has 114 valence electrons. The van der Waals surface area contributed by atoms with Crippen molar-refractivity contribution >= 4 is 16.5 Å². The number of ether oxygens (including phenoxy) is 2. The van der Waals surface area contributed by atoms with Crippen LogP contribution in [0.15, 0.2) is 0 Å². The molecule has 1 aliphatic rings. The summed E-state index contributed by atoms with van der Waals surface area (Å²) in [6.07, 6.45) is 2.68. The van der Waals surface area contributed by atoms with E-state index in [-0.39, 0.29) is 0 Å². The van der Waals surface area contributed by atoms with Gasteiger partial charge in [0.2, 0.25) is 0 Å². The molecule has 1 fully saturated rings. The molecule has 1 N–H and O–H groups in total. The molecular formula is C14H25N3O2S. The number of thiazole rings is 1. The Morgan fingerprint density at radius 2 is 2.30 bits per heavy atom. The quantitative estimate of drug-likeness (QED) is 0.778. The summed E-state index contributed by atoms with van der Waals surface area (Å²) in [7, 11) is 3.52. The predicted octanol–water partition coefficient (Wildman–Crippen LogP) is 1.80. The van der Waals surface area contributed by atoms with Gasteiger partial charge in [0.15, 0.2) is 5.13 Å². The number of nitrogens with zero attached hydrogens (tertiary/aromatic N) is 2. The molecule has 1 aromatic heterocycles. The van der Waals surface area contributed by atoms with Gasteiger partial charge in [0.1, 0.15) is 0 Å². The van der Waals surface area contributed by atoms with E-state index >= 15 is 0 Å². The molecule has 0 aliphatic carbocycles. The summed E-state index contributed by atoms with van der Waals surface area (Å²) in [4.78, 5) is 8.39. The van der Waals surface area contributed by atoms with Crippen LogP contribution in [0.1, 0.15) is 23.4 Å². The average molecular weight is 299 g/mol. The molecule has 6 heteroatoms. The van der Waals surface area contributed by atoms with E-state index in [9.17, 15) is 0 Å². The number of piperidine rings is 1. The van der Waals surface area contributed by atoms with Crippen LogP contribution in [0.5, 0.6) is 0 Å². The topological polar surface area (TPSA) is 46.6 Å². The van der Waals surface area contributed by atoms with Crippen molar-refractivity contribution in [2.24, 2.45) is 0 Å². The molecule has 0 spiro atoms. The Morgan fingerprint density at radius 3 is 3.05 bits per heavy atom. The van der Waals surface area contributed by atoms with Crippen LogP contribution >= 0.6 is 11.3 Å². The monoisotopic (exact) mass is 299 g/mol. The second-order valence-electron chi connectivity index (χ2n) is 5.12. The van der Waals surface area contributed by atoms with Crippen LogP contribution in [0.25, 0.3) is 0 Å². The summed E-state index contributed by atoms with van der Waals surface area (Å²) in [5, 5.41) is 4.51. The van der Waals surface area contributed by atoms with Crippen LogP contribution in [0.4, 0.5) is 5.13 Å². The van der Waals surface area contributed by atoms with Gasteiger partial charge < -0.3 is 19.7 Å². The average Bonchev–Trinajstić information content (AvgIpc) is 2.85. The Bertz CT molecular complexity index is 411. The zero-order valence-electron chi connectivity index (χ0n) is 12.6. The minimum absolute atomic E-state index is 0.344. The smallest absolute Gasteiger partial charge is 0.185 e. The lowest BCUT2D eigenvalue weighted by molar-refractivity contribution is 0.0893. The maximum absolute atomic E-state index is 5.48. The molecule has 1 unspecified atom stereocenters. The largest absolute Gasteiger partial charge is 0.383 e. The number of nitrogens with one attached hydrogen (secondary N) is 1. The summed E-state index contributed by atoms with van der Waals surface area (Å²) in [6, 6.07) is 0. The van der Waals surface area contributed by atoms with Crippen LogP contribution in [-0.4, -0.2) is 51.5 Å². The van der Waals surface area contributed by atoms with Crippen molar-refractivity contribution in [2.75, 3.05) is 45.4 Å². The van der Waals surface area contributed by atoms with Gasteiger partial charge in [-0.05, 0) is 19.8 Å². The highest BCUT2D eigenvalue weighted by Gasteiger charge is 2.22. The van der Waals surface area contributed by atoms with E-state index in [0.29, 0.717) is 6.10 Å². The summed E-state index contributed by atoms with van der Waals surface area (Å²) in [5.41, 5.74) is 1.13. The van der Waals surface area contributed by atoms with Crippen molar-refractivity contribution in [3.05, 3.63) is 10.6 Å². The molecule has 5 nitrogen and oxygen atoms in total. The SMILES string of the molecule is COCCNCc1sc(N2CCCC(OC)C2)nc1C. The molecule has 0 aromatic carbocycles. The van der Waals surface area contributed by atoms with Gasteiger partial charge >= 0.3 is 0 Å². The van der Waals surface area contributed by atoms with Gasteiger partial charge in [-0.2, -0.15) is 0 Å². The normalized spacial score (nSPS) is 19.6. The minimum atomic E-state index is 0.344. The number of hydrogen-bond acceptors (Lipinski definition) is 6. The molecule has 1 saturated heterocycles. The zero-order chi connectivity index (χ0) is 14.4. The van der Waals surface area contributed by atoms with Crippen LogP contribution in [0.3, 0.4) is 0 Å². The van der Waals surface area contributed by atoms with Crippen molar-refractivity contribution < 1.29 is 9.47 Å². The number of aromatic nitrogens is 1. The van der Waals surface area contributed by atoms with Crippen molar-refractivity contribution in [3.63, 3.8) is 0 Å². The first-order valence-electron chi connectivity index (χ1n) is 7.18. The predicted molar refractivity (Wildman–Crippen MR) is 82.7 cm³/mol. The van der Waals surface area contributed by atoms with E-state index in [1.165, 1.54) is 11.3 Å². The fraction of sp³-hybridized carbons (Fsp3) is 0.786. The number of hydrogen-bond donors (Lipinski definition) is 1. The van der Waals surface area contributed by atoms with Crippen LogP contribution < -0.4 is 10.2 Å². The molecule has 0 amide bonds. The molecule has 2 heterocycles. The number of rotatable bonds is 7. The highest BCUT2D eigenvalue weighted by molar-refractivity contribution is 7.15. The lowest BCUT2D eigenvalue weighted by Gasteiger charge is -2.31. The number of aryl methyl sites for hydroxylation is 1. The van der Waals surface area contributed by atoms with Crippen molar-refractivity contribution in [3.8, 4) is 0 Å². The second-order valence-corrected chi connectivity index (χ2v) is 6.18. The van der Waals surface area contributed by atoms with Gasteiger partial charge in [-0.15, -0.1) is 11.3 Å². The zero-order valence-corrected chi connectivity index (χ0v) is 13.5. The van der Waals surface area contributed by atoms with Crippen molar-refractivity contribution in [2.45, 2.75) is 32.4 Å². The van der Waals surface area contributed by atoms with Gasteiger partial charge in [0.05, 0.1) is 18.4 Å². The Hall–Kier alpha value is -0.690. The molecule has 1 aliphatic heterocycles. The number of methoxy groups -OCH3 is 2. The first-order chi connectivity index (χ1) is 9.74. The third kappa shape index (κ3) is 4.15. The summed E-state index contributed by atoms with van der Waals surface area (Å²) < 4.78 is 10.5. The molecule has 0 saturated carbocycles. The maximum Gasteiger partial charge on any atom is 0.185 e. The van der Waals surface area contributed by atoms with E-state index in [1.807, 2.05) is 0 Å². The Kier molecular flexibility index (Phi) is 6.22. The molecule has 1 aromatic rings. The van der Waals surface area contributed by atoms with Gasteiger partial charge in [-0.3, -0.25) is 0 Å². The molecule has 0 bridgehead atoms. The highest BCUT2D eigenvalue weighted by atomic mass is 32.1. The Morgan fingerprint density at radius 1 is 1.45 bits per heavy atom. The van der Waals surface area contributed by atoms with E-state index in [1.54, 1.807) is 25.6 Å². The van der Waals surface area contributed by atoms with Crippen LogP contribution in [0.2, 0.25) is 0 Å². The first-order valence-corrected chi connectivity index (χ1v) is 8.00. The number of anilines is 1. The molecule has 2 rings (SSSR count). The summed E-state index contributed by atoms with van der Waals surface area (Å²) >= 11 is 1.79. The molecule has 0 radical (unpaired) electrons. The van der Waals surface area contributed by atoms with E-state index < -0.39 is 0 Å². The summed E-state index contributed by atoms with van der Waals surface area (Å²) in [6.45, 7) is 6.62. The van der Waals surface area contributed by atoms with E-state index in [4.69, 9.17) is 14.5 Å². The van der Waals surface area contributed by atoms with Crippen LogP contribution in [0, 0.1) is 6.92 Å². The Balaban J connectivity index is 1.92. The third-order valence-electron chi connectivity index (χ3n) is 3.63. The standard InChI is InChI=1S/C14H25N3O2S/c1-11-13(9-15-6-8-18-2)20-14(16-11)17-7-4-5-12(10-17)19-3/h12,15H,4-10H2,1-3H3. The highest BCUT2D eigenvalue weighted by Crippen LogP contribution is 2.28. The lowest BCUT2D eigenvalue weighted by atomic mass is 10.1. The third-order valence-corrected chi connectivity index (χ3v) is 4.85. The lowest BCUT2D eigenvalue weighted by Crippen LogP contribution is -2.39. The second kappa shape index (κ2) is 7.93. The summed E-state index contributed by atoms with van der Waals surface area (Å²) in [5.74, 6) is 0. The van der Waals surface area contributed by atoms with Gasteiger partial charge in [-0.25, -0.2) is 4.98 Å². The molecular weight excluding hydrogens is 274 g/mol.